The van der Waals surface area contributed by atoms with E-state index in [1.165, 1.54) is 5.56 Å². The van der Waals surface area contributed by atoms with Crippen LogP contribution in [0.1, 0.15) is 25.3 Å². The van der Waals surface area contributed by atoms with Crippen molar-refractivity contribution in [3.05, 3.63) is 48.6 Å². The number of aliphatic hydroxyl groups is 1. The Kier molecular flexibility index (Phi) is 6.81. The molecule has 2 unspecified atom stereocenters. The molecule has 0 radical (unpaired) electrons. The Balaban J connectivity index is 2.61. The maximum atomic E-state index is 12.1. The van der Waals surface area contributed by atoms with Gasteiger partial charge in [0.05, 0.1) is 6.61 Å². The average molecular weight is 276 g/mol. The van der Waals surface area contributed by atoms with Crippen molar-refractivity contribution in [1.29, 1.82) is 0 Å². The van der Waals surface area contributed by atoms with E-state index in [4.69, 9.17) is 5.11 Å². The SMILES string of the molecule is C=CCN(CCO)C(=O)NC(C)C(C)c1ccccc1. The molecular formula is C16H24N2O2. The smallest absolute Gasteiger partial charge is 0.317 e. The summed E-state index contributed by atoms with van der Waals surface area (Å²) in [5.41, 5.74) is 1.19. The van der Waals surface area contributed by atoms with Crippen molar-refractivity contribution in [1.82, 2.24) is 10.2 Å². The minimum Gasteiger partial charge on any atom is -0.395 e. The number of benzene rings is 1. The first-order valence-electron chi connectivity index (χ1n) is 6.92. The van der Waals surface area contributed by atoms with Crippen molar-refractivity contribution in [2.45, 2.75) is 25.8 Å². The molecule has 2 N–H and O–H groups in total. The van der Waals surface area contributed by atoms with E-state index in [9.17, 15) is 4.79 Å². The largest absolute Gasteiger partial charge is 0.395 e. The molecule has 0 bridgehead atoms. The highest BCUT2D eigenvalue weighted by Gasteiger charge is 2.19. The van der Waals surface area contributed by atoms with Gasteiger partial charge in [-0.05, 0) is 12.5 Å². The lowest BCUT2D eigenvalue weighted by Gasteiger charge is -2.26. The second-order valence-electron chi connectivity index (χ2n) is 4.90. The van der Waals surface area contributed by atoms with Crippen molar-refractivity contribution < 1.29 is 9.90 Å². The second kappa shape index (κ2) is 8.38. The number of carbonyl (C=O) groups is 1. The van der Waals surface area contributed by atoms with Crippen LogP contribution in [0.3, 0.4) is 0 Å². The first kappa shape index (κ1) is 16.2. The van der Waals surface area contributed by atoms with Crippen molar-refractivity contribution in [2.24, 2.45) is 0 Å². The molecule has 0 saturated heterocycles. The molecule has 1 rings (SSSR count). The van der Waals surface area contributed by atoms with Crippen LogP contribution < -0.4 is 5.32 Å². The molecule has 110 valence electrons. The lowest BCUT2D eigenvalue weighted by atomic mass is 9.94. The van der Waals surface area contributed by atoms with E-state index in [-0.39, 0.29) is 24.6 Å². The third kappa shape index (κ3) is 4.70. The molecule has 0 aliphatic carbocycles. The zero-order valence-electron chi connectivity index (χ0n) is 12.2. The van der Waals surface area contributed by atoms with E-state index >= 15 is 0 Å². The highest BCUT2D eigenvalue weighted by atomic mass is 16.3. The monoisotopic (exact) mass is 276 g/mol. The Hall–Kier alpha value is -1.81. The van der Waals surface area contributed by atoms with E-state index in [2.05, 4.69) is 31.0 Å². The lowest BCUT2D eigenvalue weighted by Crippen LogP contribution is -2.46. The standard InChI is InChI=1S/C16H24N2O2/c1-4-10-18(11-12-19)16(20)17-14(3)13(2)15-8-6-5-7-9-15/h4-9,13-14,19H,1,10-12H2,2-3H3,(H,17,20). The van der Waals surface area contributed by atoms with Gasteiger partial charge in [0.25, 0.3) is 0 Å². The van der Waals surface area contributed by atoms with Gasteiger partial charge < -0.3 is 15.3 Å². The van der Waals surface area contributed by atoms with Gasteiger partial charge in [-0.25, -0.2) is 4.79 Å². The van der Waals surface area contributed by atoms with Crippen LogP contribution in [0.4, 0.5) is 4.79 Å². The number of hydrogen-bond donors (Lipinski definition) is 2. The Bertz CT molecular complexity index is 420. The van der Waals surface area contributed by atoms with Crippen LogP contribution in [-0.2, 0) is 0 Å². The van der Waals surface area contributed by atoms with Crippen LogP contribution in [0.5, 0.6) is 0 Å². The van der Waals surface area contributed by atoms with E-state index < -0.39 is 0 Å². The number of nitrogens with one attached hydrogen (secondary N) is 1. The maximum absolute atomic E-state index is 12.1. The molecule has 0 aliphatic heterocycles. The van der Waals surface area contributed by atoms with Gasteiger partial charge in [-0.15, -0.1) is 6.58 Å². The molecule has 0 aromatic heterocycles. The minimum atomic E-state index is -0.172. The highest BCUT2D eigenvalue weighted by Crippen LogP contribution is 2.18. The van der Waals surface area contributed by atoms with Gasteiger partial charge in [-0.1, -0.05) is 43.3 Å². The normalized spacial score (nSPS) is 13.3. The zero-order valence-corrected chi connectivity index (χ0v) is 12.2. The number of amides is 2. The molecule has 2 amide bonds. The quantitative estimate of drug-likeness (QED) is 0.751. The number of aliphatic hydroxyl groups excluding tert-OH is 1. The lowest BCUT2D eigenvalue weighted by molar-refractivity contribution is 0.180. The molecule has 0 heterocycles. The predicted octanol–water partition coefficient (Wildman–Crippen LogP) is 2.37. The molecule has 1 aromatic rings. The molecule has 20 heavy (non-hydrogen) atoms. The van der Waals surface area contributed by atoms with Gasteiger partial charge in [0.2, 0.25) is 0 Å². The van der Waals surface area contributed by atoms with E-state index in [0.29, 0.717) is 13.1 Å². The molecule has 0 fully saturated rings. The summed E-state index contributed by atoms with van der Waals surface area (Å²) in [6.07, 6.45) is 1.65. The third-order valence-corrected chi connectivity index (χ3v) is 3.43. The molecule has 4 nitrogen and oxygen atoms in total. The van der Waals surface area contributed by atoms with E-state index in [0.717, 1.165) is 0 Å². The predicted molar refractivity (Wildman–Crippen MR) is 81.7 cm³/mol. The number of nitrogens with zero attached hydrogens (tertiary/aromatic N) is 1. The topological polar surface area (TPSA) is 52.6 Å². The minimum absolute atomic E-state index is 0.0101. The third-order valence-electron chi connectivity index (χ3n) is 3.43. The van der Waals surface area contributed by atoms with Crippen molar-refractivity contribution in [3.8, 4) is 0 Å². The Labute approximate surface area is 121 Å². The summed E-state index contributed by atoms with van der Waals surface area (Å²) in [6, 6.07) is 9.93. The van der Waals surface area contributed by atoms with Crippen LogP contribution in [0.25, 0.3) is 0 Å². The summed E-state index contributed by atoms with van der Waals surface area (Å²) in [7, 11) is 0. The number of hydrogen-bond acceptors (Lipinski definition) is 2. The Morgan fingerprint density at radius 1 is 1.40 bits per heavy atom. The maximum Gasteiger partial charge on any atom is 0.317 e. The summed E-state index contributed by atoms with van der Waals surface area (Å²) in [4.78, 5) is 13.7. The zero-order chi connectivity index (χ0) is 15.0. The van der Waals surface area contributed by atoms with Crippen molar-refractivity contribution in [2.75, 3.05) is 19.7 Å². The molecule has 0 aliphatic rings. The van der Waals surface area contributed by atoms with Gasteiger partial charge in [0, 0.05) is 25.0 Å². The van der Waals surface area contributed by atoms with Gasteiger partial charge in [0.15, 0.2) is 0 Å². The molecule has 2 atom stereocenters. The Morgan fingerprint density at radius 2 is 2.05 bits per heavy atom. The van der Waals surface area contributed by atoms with E-state index in [1.54, 1.807) is 11.0 Å². The summed E-state index contributed by atoms with van der Waals surface area (Å²) < 4.78 is 0. The fraction of sp³-hybridized carbons (Fsp3) is 0.438. The number of urea groups is 1. The molecular weight excluding hydrogens is 252 g/mol. The van der Waals surface area contributed by atoms with Crippen molar-refractivity contribution in [3.63, 3.8) is 0 Å². The first-order chi connectivity index (χ1) is 9.60. The summed E-state index contributed by atoms with van der Waals surface area (Å²) in [5.74, 6) is 0.222. The summed E-state index contributed by atoms with van der Waals surface area (Å²) in [5, 5.41) is 12.0. The van der Waals surface area contributed by atoms with Gasteiger partial charge in [0.1, 0.15) is 0 Å². The van der Waals surface area contributed by atoms with Crippen LogP contribution in [-0.4, -0.2) is 41.8 Å². The Morgan fingerprint density at radius 3 is 2.60 bits per heavy atom. The second-order valence-corrected chi connectivity index (χ2v) is 4.90. The van der Waals surface area contributed by atoms with Crippen LogP contribution >= 0.6 is 0 Å². The number of carbonyl (C=O) groups excluding carboxylic acids is 1. The van der Waals surface area contributed by atoms with Gasteiger partial charge >= 0.3 is 6.03 Å². The fourth-order valence-electron chi connectivity index (χ4n) is 2.01. The highest BCUT2D eigenvalue weighted by molar-refractivity contribution is 5.74. The average Bonchev–Trinajstić information content (AvgIpc) is 2.47. The van der Waals surface area contributed by atoms with Crippen LogP contribution in [0.15, 0.2) is 43.0 Å². The fourth-order valence-corrected chi connectivity index (χ4v) is 2.01. The van der Waals surface area contributed by atoms with Gasteiger partial charge in [-0.2, -0.15) is 0 Å². The van der Waals surface area contributed by atoms with Gasteiger partial charge in [-0.3, -0.25) is 0 Å². The molecule has 1 aromatic carbocycles. The number of rotatable bonds is 7. The summed E-state index contributed by atoms with van der Waals surface area (Å²) in [6.45, 7) is 8.39. The first-order valence-corrected chi connectivity index (χ1v) is 6.92. The van der Waals surface area contributed by atoms with Crippen molar-refractivity contribution >= 4 is 6.03 Å². The summed E-state index contributed by atoms with van der Waals surface area (Å²) >= 11 is 0. The van der Waals surface area contributed by atoms with Crippen LogP contribution in [0.2, 0.25) is 0 Å². The molecule has 0 spiro atoms. The molecule has 4 heteroatoms. The van der Waals surface area contributed by atoms with E-state index in [1.807, 2.05) is 25.1 Å². The molecule has 0 saturated carbocycles. The van der Waals surface area contributed by atoms with Crippen LogP contribution in [0, 0.1) is 0 Å².